The van der Waals surface area contributed by atoms with Crippen LogP contribution in [-0.4, -0.2) is 35.3 Å². The van der Waals surface area contributed by atoms with Gasteiger partial charge in [0.2, 0.25) is 11.9 Å². The molecule has 0 spiro atoms. The maximum Gasteiger partial charge on any atom is 0.411 e. The van der Waals surface area contributed by atoms with E-state index in [0.717, 1.165) is 0 Å². The molecule has 0 aliphatic carbocycles. The van der Waals surface area contributed by atoms with E-state index in [4.69, 9.17) is 11.6 Å². The monoisotopic (exact) mass is 283 g/mol. The molecule has 0 aliphatic heterocycles. The van der Waals surface area contributed by atoms with Crippen LogP contribution >= 0.6 is 11.6 Å². The Balaban J connectivity index is 2.26. The topological polar surface area (TPSA) is 64.1 Å². The SMILES string of the molecule is O=C(CCOCC(F)(F)F)Nc1nccc(Cl)n1. The number of anilines is 1. The molecule has 1 aromatic rings. The molecule has 0 fully saturated rings. The summed E-state index contributed by atoms with van der Waals surface area (Å²) in [6.45, 7) is -1.72. The molecule has 1 rings (SSSR count). The highest BCUT2D eigenvalue weighted by Gasteiger charge is 2.27. The summed E-state index contributed by atoms with van der Waals surface area (Å²) in [5.74, 6) is -0.567. The lowest BCUT2D eigenvalue weighted by molar-refractivity contribution is -0.174. The zero-order valence-electron chi connectivity index (χ0n) is 9.00. The smallest absolute Gasteiger partial charge is 0.372 e. The Bertz CT molecular complexity index is 414. The van der Waals surface area contributed by atoms with Crippen molar-refractivity contribution >= 4 is 23.5 Å². The zero-order chi connectivity index (χ0) is 13.6. The molecule has 0 saturated heterocycles. The molecule has 0 aliphatic rings. The number of alkyl halides is 3. The third kappa shape index (κ3) is 6.36. The molecule has 1 amide bonds. The standard InChI is InChI=1S/C9H9ClF3N3O2/c10-6-1-3-14-8(15-6)16-7(17)2-4-18-5-9(11,12)13/h1,3H,2,4-5H2,(H,14,15,16,17). The summed E-state index contributed by atoms with van der Waals surface area (Å²) in [6, 6.07) is 1.42. The van der Waals surface area contributed by atoms with Gasteiger partial charge in [0.05, 0.1) is 13.0 Å². The number of halogens is 4. The van der Waals surface area contributed by atoms with Gasteiger partial charge < -0.3 is 4.74 Å². The van der Waals surface area contributed by atoms with Crippen molar-refractivity contribution in [2.45, 2.75) is 12.6 Å². The van der Waals surface area contributed by atoms with Crippen molar-refractivity contribution in [2.24, 2.45) is 0 Å². The van der Waals surface area contributed by atoms with E-state index in [1.54, 1.807) is 0 Å². The van der Waals surface area contributed by atoms with Crippen LogP contribution in [0.25, 0.3) is 0 Å². The van der Waals surface area contributed by atoms with Crippen LogP contribution in [0.4, 0.5) is 19.1 Å². The van der Waals surface area contributed by atoms with Crippen molar-refractivity contribution in [3.8, 4) is 0 Å². The van der Waals surface area contributed by atoms with Gasteiger partial charge in [0.1, 0.15) is 11.8 Å². The molecule has 0 bridgehead atoms. The van der Waals surface area contributed by atoms with Crippen LogP contribution in [0.5, 0.6) is 0 Å². The first-order valence-corrected chi connectivity index (χ1v) is 5.17. The highest BCUT2D eigenvalue weighted by atomic mass is 35.5. The van der Waals surface area contributed by atoms with E-state index < -0.39 is 18.7 Å². The molecule has 1 aromatic heterocycles. The van der Waals surface area contributed by atoms with Gasteiger partial charge in [-0.1, -0.05) is 11.6 Å². The number of hydrogen-bond donors (Lipinski definition) is 1. The van der Waals surface area contributed by atoms with Crippen LogP contribution in [0, 0.1) is 0 Å². The third-order valence-electron chi connectivity index (χ3n) is 1.61. The van der Waals surface area contributed by atoms with Crippen molar-refractivity contribution in [3.63, 3.8) is 0 Å². The highest BCUT2D eigenvalue weighted by molar-refractivity contribution is 6.29. The van der Waals surface area contributed by atoms with Gasteiger partial charge in [0.25, 0.3) is 0 Å². The van der Waals surface area contributed by atoms with Crippen molar-refractivity contribution < 1.29 is 22.7 Å². The van der Waals surface area contributed by atoms with E-state index in [-0.39, 0.29) is 24.1 Å². The minimum atomic E-state index is -4.40. The predicted octanol–water partition coefficient (Wildman–Crippen LogP) is 2.04. The molecule has 0 aromatic carbocycles. The van der Waals surface area contributed by atoms with Gasteiger partial charge in [-0.3, -0.25) is 10.1 Å². The fraction of sp³-hybridized carbons (Fsp3) is 0.444. The summed E-state index contributed by atoms with van der Waals surface area (Å²) in [6.07, 6.45) is -3.29. The van der Waals surface area contributed by atoms with Crippen LogP contribution in [0.1, 0.15) is 6.42 Å². The molecular weight excluding hydrogens is 275 g/mol. The molecular formula is C9H9ClF3N3O2. The largest absolute Gasteiger partial charge is 0.411 e. The summed E-state index contributed by atoms with van der Waals surface area (Å²) in [4.78, 5) is 18.6. The molecule has 1 heterocycles. The van der Waals surface area contributed by atoms with Gasteiger partial charge in [0.15, 0.2) is 0 Å². The Morgan fingerprint density at radius 2 is 2.22 bits per heavy atom. The lowest BCUT2D eigenvalue weighted by Crippen LogP contribution is -2.20. The van der Waals surface area contributed by atoms with Gasteiger partial charge in [-0.15, -0.1) is 0 Å². The number of carbonyl (C=O) groups is 1. The molecule has 18 heavy (non-hydrogen) atoms. The normalized spacial score (nSPS) is 11.3. The minimum Gasteiger partial charge on any atom is -0.372 e. The maximum atomic E-state index is 11.7. The van der Waals surface area contributed by atoms with Gasteiger partial charge >= 0.3 is 6.18 Å². The van der Waals surface area contributed by atoms with Gasteiger partial charge in [0, 0.05) is 6.20 Å². The Labute approximate surface area is 105 Å². The molecule has 0 radical (unpaired) electrons. The second-order valence-electron chi connectivity index (χ2n) is 3.17. The quantitative estimate of drug-likeness (QED) is 0.663. The van der Waals surface area contributed by atoms with Crippen molar-refractivity contribution in [3.05, 3.63) is 17.4 Å². The van der Waals surface area contributed by atoms with Crippen molar-refractivity contribution in [2.75, 3.05) is 18.5 Å². The third-order valence-corrected chi connectivity index (χ3v) is 1.82. The average molecular weight is 284 g/mol. The second-order valence-corrected chi connectivity index (χ2v) is 3.56. The summed E-state index contributed by atoms with van der Waals surface area (Å²) >= 11 is 5.55. The van der Waals surface area contributed by atoms with E-state index in [0.29, 0.717) is 0 Å². The minimum absolute atomic E-state index is 0.0108. The van der Waals surface area contributed by atoms with E-state index in [1.807, 2.05) is 0 Å². The van der Waals surface area contributed by atoms with E-state index >= 15 is 0 Å². The first kappa shape index (κ1) is 14.7. The first-order chi connectivity index (χ1) is 8.37. The first-order valence-electron chi connectivity index (χ1n) is 4.80. The van der Waals surface area contributed by atoms with E-state index in [2.05, 4.69) is 20.0 Å². The van der Waals surface area contributed by atoms with Crippen LogP contribution in [-0.2, 0) is 9.53 Å². The summed E-state index contributed by atoms with van der Waals surface area (Å²) in [5, 5.41) is 2.42. The van der Waals surface area contributed by atoms with Gasteiger partial charge in [-0.25, -0.2) is 9.97 Å². The van der Waals surface area contributed by atoms with Gasteiger partial charge in [-0.2, -0.15) is 13.2 Å². The molecule has 0 saturated carbocycles. The summed E-state index contributed by atoms with van der Waals surface area (Å²) in [7, 11) is 0. The van der Waals surface area contributed by atoms with E-state index in [9.17, 15) is 18.0 Å². The number of hydrogen-bond acceptors (Lipinski definition) is 4. The maximum absolute atomic E-state index is 11.7. The van der Waals surface area contributed by atoms with Crippen LogP contribution < -0.4 is 5.32 Å². The number of amides is 1. The lowest BCUT2D eigenvalue weighted by atomic mass is 10.4. The molecule has 0 atom stereocenters. The Morgan fingerprint density at radius 1 is 1.50 bits per heavy atom. The highest BCUT2D eigenvalue weighted by Crippen LogP contribution is 2.14. The number of rotatable bonds is 5. The van der Waals surface area contributed by atoms with E-state index in [1.165, 1.54) is 12.3 Å². The average Bonchev–Trinajstić information content (AvgIpc) is 2.23. The number of ether oxygens (including phenoxy) is 1. The Kier molecular flexibility index (Phi) is 5.29. The lowest BCUT2D eigenvalue weighted by Gasteiger charge is -2.07. The van der Waals surface area contributed by atoms with Gasteiger partial charge in [-0.05, 0) is 6.07 Å². The predicted molar refractivity (Wildman–Crippen MR) is 57.2 cm³/mol. The Morgan fingerprint density at radius 3 is 2.83 bits per heavy atom. The number of nitrogens with zero attached hydrogens (tertiary/aromatic N) is 2. The molecule has 1 N–H and O–H groups in total. The summed E-state index contributed by atoms with van der Waals surface area (Å²) in [5.41, 5.74) is 0. The number of carbonyl (C=O) groups excluding carboxylic acids is 1. The number of aromatic nitrogens is 2. The molecule has 100 valence electrons. The van der Waals surface area contributed by atoms with Crippen molar-refractivity contribution in [1.29, 1.82) is 0 Å². The summed E-state index contributed by atoms with van der Waals surface area (Å²) < 4.78 is 39.4. The molecule has 0 unspecified atom stereocenters. The fourth-order valence-corrected chi connectivity index (χ4v) is 1.07. The second kappa shape index (κ2) is 6.50. The van der Waals surface area contributed by atoms with Crippen LogP contribution in [0.3, 0.4) is 0 Å². The van der Waals surface area contributed by atoms with Crippen LogP contribution in [0.2, 0.25) is 5.15 Å². The van der Waals surface area contributed by atoms with Crippen molar-refractivity contribution in [1.82, 2.24) is 9.97 Å². The molecule has 5 nitrogen and oxygen atoms in total. The fourth-order valence-electron chi connectivity index (χ4n) is 0.937. The van der Waals surface area contributed by atoms with Crippen LogP contribution in [0.15, 0.2) is 12.3 Å². The molecule has 9 heteroatoms. The Hall–Kier alpha value is -1.41. The zero-order valence-corrected chi connectivity index (χ0v) is 9.75. The number of nitrogens with one attached hydrogen (secondary N) is 1.